The minimum atomic E-state index is -0.983. The van der Waals surface area contributed by atoms with Crippen LogP contribution in [-0.2, 0) is 4.79 Å². The predicted octanol–water partition coefficient (Wildman–Crippen LogP) is 2.19. The lowest BCUT2D eigenvalue weighted by atomic mass is 10.2. The van der Waals surface area contributed by atoms with Crippen LogP contribution in [0.4, 0.5) is 4.79 Å². The molecule has 0 aromatic rings. The van der Waals surface area contributed by atoms with E-state index in [2.05, 4.69) is 6.58 Å². The number of carboxylic acids is 1. The van der Waals surface area contributed by atoms with Crippen LogP contribution in [0.25, 0.3) is 0 Å². The lowest BCUT2D eigenvalue weighted by Crippen LogP contribution is -2.48. The monoisotopic (exact) mass is 256 g/mol. The number of allylic oxidation sites excluding steroid dienone is 1. The van der Waals surface area contributed by atoms with Crippen molar-refractivity contribution < 1.29 is 14.7 Å². The zero-order chi connectivity index (χ0) is 14.1. The van der Waals surface area contributed by atoms with Gasteiger partial charge in [-0.25, -0.2) is 4.79 Å². The number of urea groups is 1. The van der Waals surface area contributed by atoms with Gasteiger partial charge in [0.1, 0.15) is 6.54 Å². The van der Waals surface area contributed by atoms with Gasteiger partial charge in [-0.3, -0.25) is 4.79 Å². The largest absolute Gasteiger partial charge is 0.480 e. The molecule has 0 aliphatic rings. The molecule has 0 spiro atoms. The third kappa shape index (κ3) is 5.70. The summed E-state index contributed by atoms with van der Waals surface area (Å²) in [7, 11) is 1.70. The van der Waals surface area contributed by atoms with Gasteiger partial charge in [0.15, 0.2) is 0 Å². The average Bonchev–Trinajstić information content (AvgIpc) is 2.34. The van der Waals surface area contributed by atoms with Crippen LogP contribution in [0.3, 0.4) is 0 Å². The highest BCUT2D eigenvalue weighted by molar-refractivity contribution is 5.80. The lowest BCUT2D eigenvalue weighted by Gasteiger charge is -2.31. The van der Waals surface area contributed by atoms with Crippen molar-refractivity contribution in [3.63, 3.8) is 0 Å². The highest BCUT2D eigenvalue weighted by Crippen LogP contribution is 2.08. The van der Waals surface area contributed by atoms with Crippen LogP contribution < -0.4 is 0 Å². The first-order valence-corrected chi connectivity index (χ1v) is 6.28. The van der Waals surface area contributed by atoms with Gasteiger partial charge in [0.2, 0.25) is 0 Å². The van der Waals surface area contributed by atoms with Crippen molar-refractivity contribution in [3.05, 3.63) is 12.7 Å². The zero-order valence-electron chi connectivity index (χ0n) is 11.6. The molecular formula is C13H24N2O3. The molecule has 1 atom stereocenters. The molecule has 5 nitrogen and oxygen atoms in total. The number of aliphatic carboxylic acids is 1. The number of amides is 2. The quantitative estimate of drug-likeness (QED) is 0.535. The molecule has 0 saturated heterocycles. The highest BCUT2D eigenvalue weighted by atomic mass is 16.4. The number of unbranched alkanes of at least 4 members (excludes halogenated alkanes) is 1. The summed E-state index contributed by atoms with van der Waals surface area (Å²) in [4.78, 5) is 25.9. The first-order chi connectivity index (χ1) is 8.43. The summed E-state index contributed by atoms with van der Waals surface area (Å²) >= 11 is 0. The molecule has 0 aliphatic heterocycles. The van der Waals surface area contributed by atoms with E-state index < -0.39 is 5.97 Å². The van der Waals surface area contributed by atoms with Gasteiger partial charge in [0.25, 0.3) is 0 Å². The van der Waals surface area contributed by atoms with E-state index in [0.29, 0.717) is 6.54 Å². The highest BCUT2D eigenvalue weighted by Gasteiger charge is 2.24. The van der Waals surface area contributed by atoms with E-state index >= 15 is 0 Å². The Morgan fingerprint density at radius 2 is 2.06 bits per heavy atom. The van der Waals surface area contributed by atoms with Crippen LogP contribution in [0.2, 0.25) is 0 Å². The molecule has 18 heavy (non-hydrogen) atoms. The normalized spacial score (nSPS) is 11.7. The van der Waals surface area contributed by atoms with Gasteiger partial charge < -0.3 is 14.9 Å². The molecule has 0 saturated carbocycles. The Morgan fingerprint density at radius 3 is 2.50 bits per heavy atom. The Kier molecular flexibility index (Phi) is 7.83. The molecule has 1 N–H and O–H groups in total. The van der Waals surface area contributed by atoms with Gasteiger partial charge in [-0.05, 0) is 26.2 Å². The molecule has 0 radical (unpaired) electrons. The van der Waals surface area contributed by atoms with Crippen LogP contribution in [0.15, 0.2) is 12.7 Å². The van der Waals surface area contributed by atoms with Gasteiger partial charge in [-0.15, -0.1) is 6.58 Å². The Bertz CT molecular complexity index is 292. The molecule has 0 aliphatic carbocycles. The van der Waals surface area contributed by atoms with Crippen molar-refractivity contribution >= 4 is 12.0 Å². The topological polar surface area (TPSA) is 60.9 Å². The Hall–Kier alpha value is -1.52. The second-order valence-electron chi connectivity index (χ2n) is 4.41. The minimum Gasteiger partial charge on any atom is -0.480 e. The van der Waals surface area contributed by atoms with E-state index in [-0.39, 0.29) is 18.6 Å². The van der Waals surface area contributed by atoms with E-state index in [4.69, 9.17) is 5.11 Å². The minimum absolute atomic E-state index is 0.0737. The summed E-state index contributed by atoms with van der Waals surface area (Å²) in [6, 6.07) is -0.300. The zero-order valence-corrected chi connectivity index (χ0v) is 11.6. The van der Waals surface area contributed by atoms with Crippen molar-refractivity contribution in [2.24, 2.45) is 0 Å². The van der Waals surface area contributed by atoms with Crippen molar-refractivity contribution in [2.75, 3.05) is 20.1 Å². The first-order valence-electron chi connectivity index (χ1n) is 6.28. The van der Waals surface area contributed by atoms with E-state index in [1.54, 1.807) is 11.9 Å². The lowest BCUT2D eigenvalue weighted by molar-refractivity contribution is -0.138. The standard InChI is InChI=1S/C13H24N2O3/c1-5-7-8-9-14(4)13(18)15(10-12(16)17)11(3)6-2/h5,11H,1,6-10H2,2-4H3,(H,16,17). The molecule has 0 heterocycles. The molecule has 5 heteroatoms. The molecule has 2 amide bonds. The van der Waals surface area contributed by atoms with Gasteiger partial charge in [0.05, 0.1) is 0 Å². The third-order valence-corrected chi connectivity index (χ3v) is 2.90. The molecule has 0 aromatic carbocycles. The second kappa shape index (κ2) is 8.55. The van der Waals surface area contributed by atoms with Crippen molar-refractivity contribution in [1.29, 1.82) is 0 Å². The first kappa shape index (κ1) is 16.5. The number of carbonyl (C=O) groups is 2. The van der Waals surface area contributed by atoms with Crippen LogP contribution in [0.1, 0.15) is 33.1 Å². The van der Waals surface area contributed by atoms with Gasteiger partial charge in [0, 0.05) is 19.6 Å². The number of hydrogen-bond donors (Lipinski definition) is 1. The van der Waals surface area contributed by atoms with E-state index in [1.165, 1.54) is 4.90 Å². The van der Waals surface area contributed by atoms with Gasteiger partial charge >= 0.3 is 12.0 Å². The summed E-state index contributed by atoms with van der Waals surface area (Å²) in [5.41, 5.74) is 0. The maximum atomic E-state index is 12.1. The molecule has 0 aromatic heterocycles. The van der Waals surface area contributed by atoms with Crippen LogP contribution in [0.5, 0.6) is 0 Å². The van der Waals surface area contributed by atoms with Gasteiger partial charge in [-0.2, -0.15) is 0 Å². The van der Waals surface area contributed by atoms with Crippen LogP contribution in [-0.4, -0.2) is 53.1 Å². The molecule has 0 bridgehead atoms. The fourth-order valence-electron chi connectivity index (χ4n) is 1.57. The molecule has 0 rings (SSSR count). The molecule has 0 fully saturated rings. The molecular weight excluding hydrogens is 232 g/mol. The van der Waals surface area contributed by atoms with E-state index in [0.717, 1.165) is 19.3 Å². The summed E-state index contributed by atoms with van der Waals surface area (Å²) in [5, 5.41) is 8.85. The summed E-state index contributed by atoms with van der Waals surface area (Å²) in [5.74, 6) is -0.983. The number of carbonyl (C=O) groups excluding carboxylic acids is 1. The predicted molar refractivity (Wildman–Crippen MR) is 71.6 cm³/mol. The number of hydrogen-bond acceptors (Lipinski definition) is 2. The SMILES string of the molecule is C=CCCCN(C)C(=O)N(CC(=O)O)C(C)CC. The summed E-state index contributed by atoms with van der Waals surface area (Å²) in [6.07, 6.45) is 4.23. The van der Waals surface area contributed by atoms with Crippen molar-refractivity contribution in [3.8, 4) is 0 Å². The maximum absolute atomic E-state index is 12.1. The van der Waals surface area contributed by atoms with Crippen LogP contribution in [0, 0.1) is 0 Å². The van der Waals surface area contributed by atoms with Crippen LogP contribution >= 0.6 is 0 Å². The van der Waals surface area contributed by atoms with E-state index in [9.17, 15) is 9.59 Å². The average molecular weight is 256 g/mol. The number of rotatable bonds is 8. The summed E-state index contributed by atoms with van der Waals surface area (Å²) in [6.45, 7) is 7.78. The van der Waals surface area contributed by atoms with Gasteiger partial charge in [-0.1, -0.05) is 13.0 Å². The van der Waals surface area contributed by atoms with Crippen molar-refractivity contribution in [2.45, 2.75) is 39.2 Å². The smallest absolute Gasteiger partial charge is 0.323 e. The molecule has 104 valence electrons. The molecule has 1 unspecified atom stereocenters. The third-order valence-electron chi connectivity index (χ3n) is 2.90. The Labute approximate surface area is 109 Å². The fourth-order valence-corrected chi connectivity index (χ4v) is 1.57. The van der Waals surface area contributed by atoms with Crippen molar-refractivity contribution in [1.82, 2.24) is 9.80 Å². The second-order valence-corrected chi connectivity index (χ2v) is 4.41. The maximum Gasteiger partial charge on any atom is 0.323 e. The summed E-state index contributed by atoms with van der Waals surface area (Å²) < 4.78 is 0. The number of carboxylic acid groups (broad SMARTS) is 1. The Morgan fingerprint density at radius 1 is 1.44 bits per heavy atom. The van der Waals surface area contributed by atoms with E-state index in [1.807, 2.05) is 19.9 Å². The number of nitrogens with zero attached hydrogens (tertiary/aromatic N) is 2. The fraction of sp³-hybridized carbons (Fsp3) is 0.692. The Balaban J connectivity index is 4.52.